The minimum atomic E-state index is 0.584. The van der Waals surface area contributed by atoms with Crippen LogP contribution >= 0.6 is 15.9 Å². The molecule has 0 saturated carbocycles. The molecular weight excluding hydrogens is 232 g/mol. The van der Waals surface area contributed by atoms with E-state index < -0.39 is 0 Å². The molecule has 0 aliphatic heterocycles. The number of nitrogens with zero attached hydrogens (tertiary/aromatic N) is 2. The predicted molar refractivity (Wildman–Crippen MR) is 53.8 cm³/mol. The van der Waals surface area contributed by atoms with E-state index in [0.29, 0.717) is 5.88 Å². The molecule has 0 aliphatic rings. The smallest absolute Gasteiger partial charge is 0.228 e. The average molecular weight is 239 g/mol. The summed E-state index contributed by atoms with van der Waals surface area (Å²) in [7, 11) is 1.59. The van der Waals surface area contributed by atoms with Gasteiger partial charge in [0.25, 0.3) is 0 Å². The topological polar surface area (TPSA) is 35.0 Å². The van der Waals surface area contributed by atoms with Crippen molar-refractivity contribution >= 4 is 27.0 Å². The van der Waals surface area contributed by atoms with Gasteiger partial charge in [-0.05, 0) is 34.1 Å². The number of rotatable bonds is 1. The summed E-state index contributed by atoms with van der Waals surface area (Å²) in [6.07, 6.45) is 1.74. The molecule has 0 aliphatic carbocycles. The number of aromatic nitrogens is 2. The van der Waals surface area contributed by atoms with Crippen molar-refractivity contribution in [2.24, 2.45) is 0 Å². The molecule has 0 unspecified atom stereocenters. The summed E-state index contributed by atoms with van der Waals surface area (Å²) < 4.78 is 5.89. The number of fused-ring (bicyclic) bond motifs is 1. The van der Waals surface area contributed by atoms with Crippen molar-refractivity contribution < 1.29 is 4.74 Å². The normalized spacial score (nSPS) is 10.3. The van der Waals surface area contributed by atoms with Crippen LogP contribution in [0.1, 0.15) is 0 Å². The maximum absolute atomic E-state index is 5.07. The van der Waals surface area contributed by atoms with Gasteiger partial charge in [-0.1, -0.05) is 0 Å². The standard InChI is InChI=1S/C9H7BrN2O/c1-13-9-6(10)5-8-7(12-9)3-2-4-11-8/h2-5H,1H3. The molecule has 0 spiro atoms. The van der Waals surface area contributed by atoms with Gasteiger partial charge in [0.15, 0.2) is 0 Å². The van der Waals surface area contributed by atoms with E-state index in [-0.39, 0.29) is 0 Å². The highest BCUT2D eigenvalue weighted by Crippen LogP contribution is 2.25. The Morgan fingerprint density at radius 1 is 1.38 bits per heavy atom. The summed E-state index contributed by atoms with van der Waals surface area (Å²) in [6.45, 7) is 0. The summed E-state index contributed by atoms with van der Waals surface area (Å²) in [5, 5.41) is 0. The van der Waals surface area contributed by atoms with E-state index in [0.717, 1.165) is 15.5 Å². The van der Waals surface area contributed by atoms with Crippen LogP contribution in [0.3, 0.4) is 0 Å². The second kappa shape index (κ2) is 3.30. The fourth-order valence-electron chi connectivity index (χ4n) is 1.10. The number of hydrogen-bond acceptors (Lipinski definition) is 3. The lowest BCUT2D eigenvalue weighted by Crippen LogP contribution is -1.90. The zero-order chi connectivity index (χ0) is 9.26. The molecule has 0 bridgehead atoms. The van der Waals surface area contributed by atoms with E-state index in [2.05, 4.69) is 25.9 Å². The summed E-state index contributed by atoms with van der Waals surface area (Å²) in [5.41, 5.74) is 1.69. The number of hydrogen-bond donors (Lipinski definition) is 0. The van der Waals surface area contributed by atoms with Crippen molar-refractivity contribution in [1.82, 2.24) is 9.97 Å². The van der Waals surface area contributed by atoms with Gasteiger partial charge in [0.1, 0.15) is 0 Å². The molecule has 0 atom stereocenters. The van der Waals surface area contributed by atoms with Crippen LogP contribution in [0.25, 0.3) is 11.0 Å². The monoisotopic (exact) mass is 238 g/mol. The first kappa shape index (κ1) is 8.44. The van der Waals surface area contributed by atoms with Gasteiger partial charge in [0.2, 0.25) is 5.88 Å². The molecule has 4 heteroatoms. The molecule has 2 rings (SSSR count). The van der Waals surface area contributed by atoms with Crippen molar-refractivity contribution in [2.45, 2.75) is 0 Å². The molecule has 0 amide bonds. The van der Waals surface area contributed by atoms with Gasteiger partial charge >= 0.3 is 0 Å². The highest BCUT2D eigenvalue weighted by atomic mass is 79.9. The van der Waals surface area contributed by atoms with Crippen LogP contribution in [0.15, 0.2) is 28.9 Å². The minimum absolute atomic E-state index is 0.584. The molecule has 2 aromatic rings. The van der Waals surface area contributed by atoms with Gasteiger partial charge in [-0.25, -0.2) is 4.98 Å². The second-order valence-corrected chi connectivity index (χ2v) is 3.38. The van der Waals surface area contributed by atoms with Crippen LogP contribution < -0.4 is 4.74 Å². The zero-order valence-corrected chi connectivity index (χ0v) is 8.58. The Kier molecular flexibility index (Phi) is 2.14. The summed E-state index contributed by atoms with van der Waals surface area (Å²) in [6, 6.07) is 5.64. The van der Waals surface area contributed by atoms with E-state index in [1.165, 1.54) is 0 Å². The van der Waals surface area contributed by atoms with E-state index in [4.69, 9.17) is 4.74 Å². The van der Waals surface area contributed by atoms with Crippen LogP contribution in [-0.4, -0.2) is 17.1 Å². The molecular formula is C9H7BrN2O. The fraction of sp³-hybridized carbons (Fsp3) is 0.111. The number of halogens is 1. The third-order valence-corrected chi connectivity index (χ3v) is 2.27. The van der Waals surface area contributed by atoms with Crippen molar-refractivity contribution in [1.29, 1.82) is 0 Å². The number of ether oxygens (including phenoxy) is 1. The third-order valence-electron chi connectivity index (χ3n) is 1.70. The predicted octanol–water partition coefficient (Wildman–Crippen LogP) is 2.40. The first-order valence-electron chi connectivity index (χ1n) is 3.76. The van der Waals surface area contributed by atoms with Crippen LogP contribution in [0.2, 0.25) is 0 Å². The maximum Gasteiger partial charge on any atom is 0.228 e. The molecule has 0 fully saturated rings. The quantitative estimate of drug-likeness (QED) is 0.766. The number of pyridine rings is 2. The second-order valence-electron chi connectivity index (χ2n) is 2.52. The highest BCUT2D eigenvalue weighted by molar-refractivity contribution is 9.10. The molecule has 2 heterocycles. The van der Waals surface area contributed by atoms with Crippen molar-refractivity contribution in [3.8, 4) is 5.88 Å². The molecule has 0 radical (unpaired) electrons. The van der Waals surface area contributed by atoms with E-state index in [1.807, 2.05) is 18.2 Å². The lowest BCUT2D eigenvalue weighted by Gasteiger charge is -2.02. The van der Waals surface area contributed by atoms with Gasteiger partial charge in [-0.3, -0.25) is 4.98 Å². The van der Waals surface area contributed by atoms with Gasteiger partial charge < -0.3 is 4.74 Å². The third kappa shape index (κ3) is 1.49. The number of methoxy groups -OCH3 is 1. The Balaban J connectivity index is 2.74. The summed E-state index contributed by atoms with van der Waals surface area (Å²) >= 11 is 3.35. The summed E-state index contributed by atoms with van der Waals surface area (Å²) in [4.78, 5) is 8.43. The van der Waals surface area contributed by atoms with E-state index in [1.54, 1.807) is 13.3 Å². The molecule has 0 saturated heterocycles. The van der Waals surface area contributed by atoms with Crippen molar-refractivity contribution in [3.63, 3.8) is 0 Å². The minimum Gasteiger partial charge on any atom is -0.480 e. The fourth-order valence-corrected chi connectivity index (χ4v) is 1.57. The first-order chi connectivity index (χ1) is 6.31. The molecule has 13 heavy (non-hydrogen) atoms. The van der Waals surface area contributed by atoms with Gasteiger partial charge in [-0.15, -0.1) is 0 Å². The molecule has 2 aromatic heterocycles. The van der Waals surface area contributed by atoms with Crippen LogP contribution in [0.4, 0.5) is 0 Å². The zero-order valence-electron chi connectivity index (χ0n) is 6.99. The molecule has 0 N–H and O–H groups in total. The average Bonchev–Trinajstić information content (AvgIpc) is 2.17. The van der Waals surface area contributed by atoms with Gasteiger partial charge in [-0.2, -0.15) is 0 Å². The first-order valence-corrected chi connectivity index (χ1v) is 4.56. The SMILES string of the molecule is COc1nc2cccnc2cc1Br. The Hall–Kier alpha value is -1.16. The van der Waals surface area contributed by atoms with E-state index >= 15 is 0 Å². The Labute approximate surface area is 83.9 Å². The van der Waals surface area contributed by atoms with Crippen molar-refractivity contribution in [2.75, 3.05) is 7.11 Å². The van der Waals surface area contributed by atoms with Crippen LogP contribution in [0.5, 0.6) is 5.88 Å². The molecule has 66 valence electrons. The van der Waals surface area contributed by atoms with Crippen LogP contribution in [0, 0.1) is 0 Å². The Morgan fingerprint density at radius 2 is 2.23 bits per heavy atom. The van der Waals surface area contributed by atoms with Crippen molar-refractivity contribution in [3.05, 3.63) is 28.9 Å². The highest BCUT2D eigenvalue weighted by Gasteiger charge is 2.03. The van der Waals surface area contributed by atoms with E-state index in [9.17, 15) is 0 Å². The van der Waals surface area contributed by atoms with Gasteiger partial charge in [0, 0.05) is 6.20 Å². The molecule has 3 nitrogen and oxygen atoms in total. The van der Waals surface area contributed by atoms with Gasteiger partial charge in [0.05, 0.1) is 22.6 Å². The largest absolute Gasteiger partial charge is 0.480 e. The molecule has 0 aromatic carbocycles. The Morgan fingerprint density at radius 3 is 3.00 bits per heavy atom. The summed E-state index contributed by atoms with van der Waals surface area (Å²) in [5.74, 6) is 0.584. The van der Waals surface area contributed by atoms with Crippen LogP contribution in [-0.2, 0) is 0 Å². The Bertz CT molecular complexity index is 445. The maximum atomic E-state index is 5.07. The lowest BCUT2D eigenvalue weighted by atomic mass is 10.3. The lowest BCUT2D eigenvalue weighted by molar-refractivity contribution is 0.397.